The molecule has 0 saturated heterocycles. The summed E-state index contributed by atoms with van der Waals surface area (Å²) in [5, 5.41) is 4.22. The Morgan fingerprint density at radius 1 is 1.31 bits per heavy atom. The van der Waals surface area contributed by atoms with Crippen LogP contribution in [0.25, 0.3) is 0 Å². The molecule has 0 amide bonds. The molecule has 16 heavy (non-hydrogen) atoms. The highest BCUT2D eigenvalue weighted by atomic mass is 35.5. The summed E-state index contributed by atoms with van der Waals surface area (Å²) in [6.07, 6.45) is 8.35. The van der Waals surface area contributed by atoms with Gasteiger partial charge in [-0.1, -0.05) is 37.8 Å². The number of aromatic nitrogens is 1. The molecule has 3 heteroatoms. The normalized spacial score (nSPS) is 26.1. The third-order valence-electron chi connectivity index (χ3n) is 3.44. The molecule has 1 N–H and O–H groups in total. The van der Waals surface area contributed by atoms with Crippen molar-refractivity contribution >= 4 is 17.4 Å². The molecule has 0 radical (unpaired) electrons. The predicted octanol–water partition coefficient (Wildman–Crippen LogP) is 4.12. The second kappa shape index (κ2) is 5.53. The average Bonchev–Trinajstić information content (AvgIpc) is 2.48. The molecule has 88 valence electrons. The van der Waals surface area contributed by atoms with Crippen LogP contribution in [0, 0.1) is 5.92 Å². The van der Waals surface area contributed by atoms with Crippen LogP contribution in [-0.2, 0) is 0 Å². The van der Waals surface area contributed by atoms with Crippen LogP contribution in [0.3, 0.4) is 0 Å². The molecule has 1 aliphatic rings. The van der Waals surface area contributed by atoms with E-state index in [-0.39, 0.29) is 0 Å². The maximum Gasteiger partial charge on any atom is 0.144 e. The molecule has 0 aliphatic heterocycles. The van der Waals surface area contributed by atoms with Gasteiger partial charge in [0.1, 0.15) is 5.82 Å². The number of nitrogens with one attached hydrogen (secondary N) is 1. The van der Waals surface area contributed by atoms with Crippen molar-refractivity contribution < 1.29 is 0 Å². The van der Waals surface area contributed by atoms with Crippen molar-refractivity contribution in [2.24, 2.45) is 5.92 Å². The molecular weight excluding hydrogens is 220 g/mol. The second-order valence-corrected chi connectivity index (χ2v) is 5.11. The molecule has 0 bridgehead atoms. The first-order valence-corrected chi connectivity index (χ1v) is 6.52. The smallest absolute Gasteiger partial charge is 0.144 e. The Bertz CT molecular complexity index is 340. The highest BCUT2D eigenvalue weighted by Gasteiger charge is 2.20. The van der Waals surface area contributed by atoms with E-state index in [4.69, 9.17) is 11.6 Å². The van der Waals surface area contributed by atoms with Crippen LogP contribution in [0.2, 0.25) is 5.02 Å². The average molecular weight is 239 g/mol. The van der Waals surface area contributed by atoms with E-state index in [0.29, 0.717) is 12.0 Å². The zero-order chi connectivity index (χ0) is 11.4. The first kappa shape index (κ1) is 11.7. The van der Waals surface area contributed by atoms with Gasteiger partial charge in [0.25, 0.3) is 0 Å². The van der Waals surface area contributed by atoms with Gasteiger partial charge in [0.2, 0.25) is 0 Å². The lowest BCUT2D eigenvalue weighted by atomic mass is 9.97. The van der Waals surface area contributed by atoms with Crippen LogP contribution in [0.4, 0.5) is 5.82 Å². The molecule has 2 unspecified atom stereocenters. The molecule has 2 rings (SSSR count). The van der Waals surface area contributed by atoms with E-state index in [1.54, 1.807) is 6.20 Å². The Hall–Kier alpha value is -0.760. The van der Waals surface area contributed by atoms with Crippen LogP contribution in [0.15, 0.2) is 18.3 Å². The highest BCUT2D eigenvalue weighted by molar-refractivity contribution is 6.32. The summed E-state index contributed by atoms with van der Waals surface area (Å²) in [6.45, 7) is 2.32. The maximum atomic E-state index is 6.11. The van der Waals surface area contributed by atoms with Crippen LogP contribution in [0.5, 0.6) is 0 Å². The van der Waals surface area contributed by atoms with E-state index in [1.165, 1.54) is 32.1 Å². The number of nitrogens with zero attached hydrogens (tertiary/aromatic N) is 1. The van der Waals surface area contributed by atoms with Crippen molar-refractivity contribution in [3.8, 4) is 0 Å². The van der Waals surface area contributed by atoms with Crippen molar-refractivity contribution in [2.45, 2.75) is 45.1 Å². The minimum absolute atomic E-state index is 0.523. The SMILES string of the molecule is CC1CCCCCC1Nc1ncccc1Cl. The Balaban J connectivity index is 2.05. The number of hydrogen-bond acceptors (Lipinski definition) is 2. The topological polar surface area (TPSA) is 24.9 Å². The summed E-state index contributed by atoms with van der Waals surface area (Å²) in [5.74, 6) is 1.54. The standard InChI is InChI=1S/C13H19ClN2/c1-10-6-3-2-4-8-12(10)16-13-11(14)7-5-9-15-13/h5,7,9-10,12H,2-4,6,8H2,1H3,(H,15,16). The summed E-state index contributed by atoms with van der Waals surface area (Å²) >= 11 is 6.11. The van der Waals surface area contributed by atoms with E-state index in [0.717, 1.165) is 10.8 Å². The maximum absolute atomic E-state index is 6.11. The minimum Gasteiger partial charge on any atom is -0.366 e. The van der Waals surface area contributed by atoms with E-state index in [1.807, 2.05) is 12.1 Å². The lowest BCUT2D eigenvalue weighted by molar-refractivity contribution is 0.455. The van der Waals surface area contributed by atoms with Gasteiger partial charge in [-0.05, 0) is 30.9 Å². The van der Waals surface area contributed by atoms with Gasteiger partial charge in [0.05, 0.1) is 5.02 Å². The predicted molar refractivity (Wildman–Crippen MR) is 68.9 cm³/mol. The van der Waals surface area contributed by atoms with E-state index >= 15 is 0 Å². The summed E-state index contributed by atoms with van der Waals surface area (Å²) in [6, 6.07) is 4.28. The molecule has 0 spiro atoms. The molecule has 0 aromatic carbocycles. The number of rotatable bonds is 2. The fourth-order valence-corrected chi connectivity index (χ4v) is 2.55. The fraction of sp³-hybridized carbons (Fsp3) is 0.615. The lowest BCUT2D eigenvalue weighted by Gasteiger charge is -2.23. The van der Waals surface area contributed by atoms with Crippen LogP contribution >= 0.6 is 11.6 Å². The van der Waals surface area contributed by atoms with Crippen LogP contribution in [0.1, 0.15) is 39.0 Å². The van der Waals surface area contributed by atoms with Gasteiger partial charge >= 0.3 is 0 Å². The molecule has 1 aliphatic carbocycles. The molecule has 2 atom stereocenters. The van der Waals surface area contributed by atoms with Gasteiger partial charge in [0.15, 0.2) is 0 Å². The summed E-state index contributed by atoms with van der Waals surface area (Å²) < 4.78 is 0. The van der Waals surface area contributed by atoms with Crippen molar-refractivity contribution in [1.29, 1.82) is 0 Å². The first-order chi connectivity index (χ1) is 7.77. The number of anilines is 1. The Morgan fingerprint density at radius 2 is 2.12 bits per heavy atom. The van der Waals surface area contributed by atoms with Gasteiger partial charge in [0, 0.05) is 12.2 Å². The van der Waals surface area contributed by atoms with Gasteiger partial charge in [-0.2, -0.15) is 0 Å². The van der Waals surface area contributed by atoms with Crippen molar-refractivity contribution in [2.75, 3.05) is 5.32 Å². The number of hydrogen-bond donors (Lipinski definition) is 1. The largest absolute Gasteiger partial charge is 0.366 e. The summed E-state index contributed by atoms with van der Waals surface area (Å²) in [4.78, 5) is 4.29. The highest BCUT2D eigenvalue weighted by Crippen LogP contribution is 2.27. The van der Waals surface area contributed by atoms with E-state index in [9.17, 15) is 0 Å². The molecule has 1 heterocycles. The molecule has 2 nitrogen and oxygen atoms in total. The Kier molecular flexibility index (Phi) is 4.05. The molecular formula is C13H19ClN2. The summed E-state index contributed by atoms with van der Waals surface area (Å²) in [7, 11) is 0. The number of halogens is 1. The minimum atomic E-state index is 0.523. The van der Waals surface area contributed by atoms with Crippen molar-refractivity contribution in [1.82, 2.24) is 4.98 Å². The Labute approximate surface area is 102 Å². The molecule has 1 saturated carbocycles. The van der Waals surface area contributed by atoms with Gasteiger partial charge < -0.3 is 5.32 Å². The van der Waals surface area contributed by atoms with E-state index in [2.05, 4.69) is 17.2 Å². The fourth-order valence-electron chi connectivity index (χ4n) is 2.37. The Morgan fingerprint density at radius 3 is 2.94 bits per heavy atom. The van der Waals surface area contributed by atoms with Crippen LogP contribution in [-0.4, -0.2) is 11.0 Å². The van der Waals surface area contributed by atoms with Crippen molar-refractivity contribution in [3.63, 3.8) is 0 Å². The van der Waals surface area contributed by atoms with Gasteiger partial charge in [-0.3, -0.25) is 0 Å². The summed E-state index contributed by atoms with van der Waals surface area (Å²) in [5.41, 5.74) is 0. The quantitative estimate of drug-likeness (QED) is 0.785. The lowest BCUT2D eigenvalue weighted by Crippen LogP contribution is -2.26. The zero-order valence-corrected chi connectivity index (χ0v) is 10.5. The number of pyridine rings is 1. The first-order valence-electron chi connectivity index (χ1n) is 6.14. The molecule has 1 fully saturated rings. The molecule has 1 aromatic rings. The van der Waals surface area contributed by atoms with Crippen molar-refractivity contribution in [3.05, 3.63) is 23.4 Å². The van der Waals surface area contributed by atoms with Gasteiger partial charge in [-0.15, -0.1) is 0 Å². The third-order valence-corrected chi connectivity index (χ3v) is 3.75. The third kappa shape index (κ3) is 2.88. The monoisotopic (exact) mass is 238 g/mol. The van der Waals surface area contributed by atoms with Gasteiger partial charge in [-0.25, -0.2) is 4.98 Å². The van der Waals surface area contributed by atoms with E-state index < -0.39 is 0 Å². The van der Waals surface area contributed by atoms with Crippen LogP contribution < -0.4 is 5.32 Å². The zero-order valence-electron chi connectivity index (χ0n) is 9.75. The molecule has 1 aromatic heterocycles. The second-order valence-electron chi connectivity index (χ2n) is 4.70.